The SMILES string of the molecule is C[C@@H]1N=C(C(C)(C)C2=N[C@@H](C)[C@@H](c3ccccc3)O2)O[C@@H]1c1ccccc1. The van der Waals surface area contributed by atoms with Gasteiger partial charge in [0.05, 0.1) is 12.1 Å². The first kappa shape index (κ1) is 17.8. The Kier molecular flexibility index (Phi) is 4.50. The van der Waals surface area contributed by atoms with Gasteiger partial charge in [0.1, 0.15) is 17.6 Å². The van der Waals surface area contributed by atoms with Crippen LogP contribution in [0.1, 0.15) is 51.0 Å². The highest BCUT2D eigenvalue weighted by Crippen LogP contribution is 2.39. The van der Waals surface area contributed by atoms with Crippen LogP contribution in [-0.2, 0) is 9.47 Å². The Bertz CT molecular complexity index is 787. The zero-order valence-corrected chi connectivity index (χ0v) is 16.3. The molecule has 0 unspecified atom stereocenters. The van der Waals surface area contributed by atoms with E-state index in [0.29, 0.717) is 11.8 Å². The van der Waals surface area contributed by atoms with Gasteiger partial charge in [0.2, 0.25) is 0 Å². The fraction of sp³-hybridized carbons (Fsp3) is 0.391. The molecule has 0 spiro atoms. The van der Waals surface area contributed by atoms with Crippen molar-refractivity contribution in [1.29, 1.82) is 0 Å². The maximum absolute atomic E-state index is 6.30. The van der Waals surface area contributed by atoms with Gasteiger partial charge in [-0.2, -0.15) is 0 Å². The third kappa shape index (κ3) is 3.25. The van der Waals surface area contributed by atoms with Crippen molar-refractivity contribution in [2.75, 3.05) is 0 Å². The molecule has 2 aliphatic heterocycles. The summed E-state index contributed by atoms with van der Waals surface area (Å²) < 4.78 is 12.6. The lowest BCUT2D eigenvalue weighted by Crippen LogP contribution is -2.34. The predicted octanol–water partition coefficient (Wildman–Crippen LogP) is 5.13. The molecular formula is C23H26N2O2. The summed E-state index contributed by atoms with van der Waals surface area (Å²) in [6.45, 7) is 8.33. The maximum atomic E-state index is 6.30. The Morgan fingerprint density at radius 2 is 1.04 bits per heavy atom. The van der Waals surface area contributed by atoms with Crippen molar-refractivity contribution in [3.8, 4) is 0 Å². The van der Waals surface area contributed by atoms with Crippen LogP contribution in [0.15, 0.2) is 70.6 Å². The summed E-state index contributed by atoms with van der Waals surface area (Å²) in [5.74, 6) is 1.40. The Balaban J connectivity index is 1.54. The number of benzene rings is 2. The second kappa shape index (κ2) is 6.84. The highest BCUT2D eigenvalue weighted by atomic mass is 16.5. The third-order valence-electron chi connectivity index (χ3n) is 5.32. The van der Waals surface area contributed by atoms with Crippen LogP contribution in [0.4, 0.5) is 0 Å². The van der Waals surface area contributed by atoms with Crippen LogP contribution in [0.5, 0.6) is 0 Å². The van der Waals surface area contributed by atoms with Gasteiger partial charge in [0.15, 0.2) is 11.8 Å². The van der Waals surface area contributed by atoms with Gasteiger partial charge < -0.3 is 9.47 Å². The fourth-order valence-corrected chi connectivity index (χ4v) is 3.69. The van der Waals surface area contributed by atoms with Crippen LogP contribution in [0.25, 0.3) is 0 Å². The van der Waals surface area contributed by atoms with Crippen LogP contribution >= 0.6 is 0 Å². The molecule has 0 radical (unpaired) electrons. The summed E-state index contributed by atoms with van der Waals surface area (Å²) in [6.07, 6.45) is -0.130. The molecule has 2 aromatic rings. The van der Waals surface area contributed by atoms with Crippen LogP contribution in [0.3, 0.4) is 0 Å². The molecule has 27 heavy (non-hydrogen) atoms. The molecule has 0 fully saturated rings. The van der Waals surface area contributed by atoms with E-state index >= 15 is 0 Å². The summed E-state index contributed by atoms with van der Waals surface area (Å²) in [5, 5.41) is 0. The van der Waals surface area contributed by atoms with Gasteiger partial charge in [0.25, 0.3) is 0 Å². The average molecular weight is 362 g/mol. The van der Waals surface area contributed by atoms with Gasteiger partial charge in [-0.15, -0.1) is 0 Å². The number of hydrogen-bond acceptors (Lipinski definition) is 4. The van der Waals surface area contributed by atoms with E-state index in [1.807, 2.05) is 36.4 Å². The fourth-order valence-electron chi connectivity index (χ4n) is 3.69. The van der Waals surface area contributed by atoms with Gasteiger partial charge in [-0.25, -0.2) is 9.98 Å². The van der Waals surface area contributed by atoms with E-state index < -0.39 is 5.41 Å². The van der Waals surface area contributed by atoms with E-state index in [4.69, 9.17) is 19.5 Å². The molecule has 4 atom stereocenters. The van der Waals surface area contributed by atoms with Crippen LogP contribution < -0.4 is 0 Å². The standard InChI is InChI=1S/C23H26N2O2/c1-15-19(17-11-7-5-8-12-17)26-21(24-15)23(3,4)22-25-16(2)20(27-22)18-13-9-6-10-14-18/h5-16,19-20H,1-4H3/t15-,16-,19-,20-/m0/s1. The number of ether oxygens (including phenoxy) is 2. The number of hydrogen-bond donors (Lipinski definition) is 0. The molecule has 0 N–H and O–H groups in total. The number of nitrogens with zero attached hydrogens (tertiary/aromatic N) is 2. The van der Waals surface area contributed by atoms with Crippen LogP contribution in [0.2, 0.25) is 0 Å². The molecule has 4 rings (SSSR count). The molecular weight excluding hydrogens is 336 g/mol. The number of rotatable bonds is 4. The molecule has 0 saturated carbocycles. The van der Waals surface area contributed by atoms with Gasteiger partial charge in [-0.1, -0.05) is 60.7 Å². The van der Waals surface area contributed by atoms with Gasteiger partial charge in [-0.3, -0.25) is 0 Å². The molecule has 0 bridgehead atoms. The van der Waals surface area contributed by atoms with Gasteiger partial charge in [-0.05, 0) is 38.8 Å². The lowest BCUT2D eigenvalue weighted by molar-refractivity contribution is 0.166. The summed E-state index contributed by atoms with van der Waals surface area (Å²) in [7, 11) is 0. The first-order chi connectivity index (χ1) is 13.0. The molecule has 0 amide bonds. The van der Waals surface area contributed by atoms with Crippen molar-refractivity contribution in [2.45, 2.75) is 52.0 Å². The zero-order valence-electron chi connectivity index (χ0n) is 16.3. The Morgan fingerprint density at radius 3 is 1.41 bits per heavy atom. The minimum Gasteiger partial charge on any atom is -0.470 e. The maximum Gasteiger partial charge on any atom is 0.199 e. The minimum absolute atomic E-state index is 0.0611. The zero-order chi connectivity index (χ0) is 19.0. The summed E-state index contributed by atoms with van der Waals surface area (Å²) >= 11 is 0. The van der Waals surface area contributed by atoms with E-state index in [1.54, 1.807) is 0 Å². The smallest absolute Gasteiger partial charge is 0.199 e. The number of aliphatic imine (C=N–C) groups is 2. The Morgan fingerprint density at radius 1 is 0.667 bits per heavy atom. The van der Waals surface area contributed by atoms with Crippen molar-refractivity contribution in [3.63, 3.8) is 0 Å². The molecule has 2 aliphatic rings. The largest absolute Gasteiger partial charge is 0.470 e. The highest BCUT2D eigenvalue weighted by molar-refractivity contribution is 6.05. The summed E-state index contributed by atoms with van der Waals surface area (Å²) in [6, 6.07) is 20.6. The third-order valence-corrected chi connectivity index (χ3v) is 5.32. The monoisotopic (exact) mass is 362 g/mol. The molecule has 0 aliphatic carbocycles. The van der Waals surface area contributed by atoms with E-state index in [1.165, 1.54) is 0 Å². The Labute approximate surface area is 161 Å². The summed E-state index contributed by atoms with van der Waals surface area (Å²) in [5.41, 5.74) is 1.78. The second-order valence-corrected chi connectivity index (χ2v) is 7.87. The second-order valence-electron chi connectivity index (χ2n) is 7.87. The summed E-state index contributed by atoms with van der Waals surface area (Å²) in [4.78, 5) is 9.64. The molecule has 4 heteroatoms. The first-order valence-electron chi connectivity index (χ1n) is 9.56. The lowest BCUT2D eigenvalue weighted by Gasteiger charge is -2.26. The molecule has 4 nitrogen and oxygen atoms in total. The average Bonchev–Trinajstić information content (AvgIpc) is 3.27. The van der Waals surface area contributed by atoms with Crippen LogP contribution in [-0.4, -0.2) is 23.9 Å². The van der Waals surface area contributed by atoms with E-state index in [-0.39, 0.29) is 24.3 Å². The van der Waals surface area contributed by atoms with Gasteiger partial charge >= 0.3 is 0 Å². The van der Waals surface area contributed by atoms with Crippen molar-refractivity contribution in [2.24, 2.45) is 15.4 Å². The predicted molar refractivity (Wildman–Crippen MR) is 108 cm³/mol. The Hall–Kier alpha value is -2.62. The minimum atomic E-state index is -0.504. The lowest BCUT2D eigenvalue weighted by atomic mass is 9.93. The topological polar surface area (TPSA) is 43.2 Å². The van der Waals surface area contributed by atoms with E-state index in [9.17, 15) is 0 Å². The van der Waals surface area contributed by atoms with Crippen molar-refractivity contribution >= 4 is 11.8 Å². The highest BCUT2D eigenvalue weighted by Gasteiger charge is 2.45. The first-order valence-corrected chi connectivity index (χ1v) is 9.56. The van der Waals surface area contributed by atoms with Crippen LogP contribution in [0, 0.1) is 5.41 Å². The quantitative estimate of drug-likeness (QED) is 0.757. The van der Waals surface area contributed by atoms with Crippen molar-refractivity contribution in [3.05, 3.63) is 71.8 Å². The van der Waals surface area contributed by atoms with Crippen molar-refractivity contribution < 1.29 is 9.47 Å². The molecule has 0 saturated heterocycles. The molecule has 2 aromatic carbocycles. The normalized spacial score (nSPS) is 27.6. The molecule has 140 valence electrons. The van der Waals surface area contributed by atoms with Gasteiger partial charge in [0, 0.05) is 0 Å². The molecule has 2 heterocycles. The van der Waals surface area contributed by atoms with Crippen molar-refractivity contribution in [1.82, 2.24) is 0 Å². The molecule has 0 aromatic heterocycles. The van der Waals surface area contributed by atoms with E-state index in [0.717, 1.165) is 11.1 Å². The van der Waals surface area contributed by atoms with E-state index in [2.05, 4.69) is 52.0 Å².